The van der Waals surface area contributed by atoms with Crippen LogP contribution in [0.3, 0.4) is 0 Å². The number of nitrogens with zero attached hydrogens (tertiary/aromatic N) is 5. The van der Waals surface area contributed by atoms with E-state index in [-0.39, 0.29) is 24.2 Å². The van der Waals surface area contributed by atoms with Crippen LogP contribution < -0.4 is 15.5 Å². The molecular formula is C32H40N6O3. The minimum atomic E-state index is -0.473. The van der Waals surface area contributed by atoms with Crippen molar-refractivity contribution in [1.82, 2.24) is 15.0 Å². The average molecular weight is 557 g/mol. The van der Waals surface area contributed by atoms with Gasteiger partial charge in [0, 0.05) is 81.4 Å². The topological polar surface area (TPSA) is 118 Å². The van der Waals surface area contributed by atoms with E-state index in [1.807, 2.05) is 18.3 Å². The number of aliphatic hydroxyl groups is 1. The predicted octanol–water partition coefficient (Wildman–Crippen LogP) is 3.38. The van der Waals surface area contributed by atoms with Crippen molar-refractivity contribution in [1.29, 1.82) is 0 Å². The highest BCUT2D eigenvalue weighted by atomic mass is 16.5. The molecule has 6 heterocycles. The second-order valence-electron chi connectivity index (χ2n) is 12.7. The maximum absolute atomic E-state index is 13.5. The number of anilines is 2. The third-order valence-electron chi connectivity index (χ3n) is 10.1. The van der Waals surface area contributed by atoms with Crippen LogP contribution in [0.5, 0.6) is 0 Å². The second-order valence-corrected chi connectivity index (χ2v) is 12.7. The summed E-state index contributed by atoms with van der Waals surface area (Å²) in [6, 6.07) is 7.40. The molecule has 0 radical (unpaired) electrons. The van der Waals surface area contributed by atoms with Gasteiger partial charge >= 0.3 is 0 Å². The van der Waals surface area contributed by atoms with Crippen molar-refractivity contribution in [2.75, 3.05) is 49.2 Å². The Bertz CT molecular complexity index is 1410. The van der Waals surface area contributed by atoms with Crippen molar-refractivity contribution in [2.24, 2.45) is 23.0 Å². The van der Waals surface area contributed by atoms with Crippen LogP contribution in [-0.2, 0) is 11.2 Å². The van der Waals surface area contributed by atoms with Gasteiger partial charge in [-0.2, -0.15) is 0 Å². The second kappa shape index (κ2) is 10.9. The van der Waals surface area contributed by atoms with E-state index in [2.05, 4.69) is 25.8 Å². The SMILES string of the molecule is N[C@@H]1CN(c2ccncc2CC(=O)c2ccc3ncc(N4CCC5(CCOCC5)CC4)cc3n2)C[C@H](C2CC2)[C@H]1O. The van der Waals surface area contributed by atoms with Crippen LogP contribution in [0.4, 0.5) is 11.4 Å². The maximum Gasteiger partial charge on any atom is 0.185 e. The van der Waals surface area contributed by atoms with Gasteiger partial charge in [-0.25, -0.2) is 4.98 Å². The molecule has 3 N–H and O–H groups in total. The minimum Gasteiger partial charge on any atom is -0.391 e. The summed E-state index contributed by atoms with van der Waals surface area (Å²) in [4.78, 5) is 32.0. The molecule has 0 bridgehead atoms. The molecule has 1 saturated carbocycles. The summed E-state index contributed by atoms with van der Waals surface area (Å²) in [6.45, 7) is 5.09. The Labute approximate surface area is 241 Å². The van der Waals surface area contributed by atoms with Gasteiger partial charge in [0.2, 0.25) is 0 Å². The highest BCUT2D eigenvalue weighted by molar-refractivity contribution is 5.98. The number of carbonyl (C=O) groups excluding carboxylic acids is 1. The number of hydrogen-bond acceptors (Lipinski definition) is 9. The molecule has 3 aliphatic heterocycles. The van der Waals surface area contributed by atoms with Crippen LogP contribution in [-0.4, -0.2) is 77.4 Å². The van der Waals surface area contributed by atoms with Gasteiger partial charge in [0.05, 0.1) is 29.0 Å². The van der Waals surface area contributed by atoms with Crippen LogP contribution in [0, 0.1) is 17.3 Å². The zero-order valence-corrected chi connectivity index (χ0v) is 23.6. The lowest BCUT2D eigenvalue weighted by Crippen LogP contribution is -2.57. The lowest BCUT2D eigenvalue weighted by molar-refractivity contribution is 0.00212. The van der Waals surface area contributed by atoms with Gasteiger partial charge in [0.25, 0.3) is 0 Å². The van der Waals surface area contributed by atoms with Gasteiger partial charge in [-0.05, 0) is 74.1 Å². The number of ether oxygens (including phenoxy) is 1. The van der Waals surface area contributed by atoms with E-state index < -0.39 is 6.10 Å². The summed E-state index contributed by atoms with van der Waals surface area (Å²) in [5.74, 6) is 0.659. The first-order chi connectivity index (χ1) is 20.0. The van der Waals surface area contributed by atoms with Crippen LogP contribution in [0.1, 0.15) is 54.6 Å². The Kier molecular flexibility index (Phi) is 7.13. The first-order valence-corrected chi connectivity index (χ1v) is 15.2. The number of hydrogen-bond donors (Lipinski definition) is 2. The van der Waals surface area contributed by atoms with E-state index in [0.717, 1.165) is 86.5 Å². The number of piperidine rings is 2. The van der Waals surface area contributed by atoms with Crippen LogP contribution in [0.2, 0.25) is 0 Å². The van der Waals surface area contributed by atoms with E-state index in [0.29, 0.717) is 23.6 Å². The third-order valence-corrected chi connectivity index (χ3v) is 10.1. The molecule has 9 nitrogen and oxygen atoms in total. The average Bonchev–Trinajstić information content (AvgIpc) is 3.85. The van der Waals surface area contributed by atoms with Crippen molar-refractivity contribution in [3.8, 4) is 0 Å². The molecule has 9 heteroatoms. The number of fused-ring (bicyclic) bond motifs is 1. The van der Waals surface area contributed by atoms with Gasteiger partial charge in [0.1, 0.15) is 5.69 Å². The lowest BCUT2D eigenvalue weighted by atomic mass is 9.72. The summed E-state index contributed by atoms with van der Waals surface area (Å²) < 4.78 is 5.61. The highest BCUT2D eigenvalue weighted by Crippen LogP contribution is 2.43. The van der Waals surface area contributed by atoms with E-state index in [1.165, 1.54) is 12.8 Å². The van der Waals surface area contributed by atoms with Crippen molar-refractivity contribution in [3.05, 3.63) is 54.1 Å². The smallest absolute Gasteiger partial charge is 0.185 e. The molecule has 1 aliphatic carbocycles. The van der Waals surface area contributed by atoms with E-state index >= 15 is 0 Å². The van der Waals surface area contributed by atoms with E-state index in [1.54, 1.807) is 18.5 Å². The standard InChI is InChI=1S/C32H40N6O3/c33-25-20-38(19-24(31(25)40)21-1-2-21)29-5-10-34-17-22(29)15-30(39)27-4-3-26-28(36-27)16-23(18-35-26)37-11-6-32(7-12-37)8-13-41-14-9-32/h3-5,10,16-18,21,24-25,31,40H,1-2,6-9,11-15,19-20,33H2/t24-,25-,31-/m1/s1. The first-order valence-electron chi connectivity index (χ1n) is 15.2. The number of aliphatic hydroxyl groups excluding tert-OH is 1. The molecule has 0 aromatic carbocycles. The van der Waals surface area contributed by atoms with Crippen molar-refractivity contribution < 1.29 is 14.6 Å². The Morgan fingerprint density at radius 2 is 1.83 bits per heavy atom. The Balaban J connectivity index is 1.07. The summed E-state index contributed by atoms with van der Waals surface area (Å²) in [6.07, 6.45) is 12.2. The van der Waals surface area contributed by atoms with Crippen LogP contribution in [0.25, 0.3) is 11.0 Å². The maximum atomic E-state index is 13.5. The fourth-order valence-electron chi connectivity index (χ4n) is 7.26. The zero-order valence-electron chi connectivity index (χ0n) is 23.6. The Hall–Kier alpha value is -3.14. The number of pyridine rings is 3. The van der Waals surface area contributed by atoms with Crippen LogP contribution >= 0.6 is 0 Å². The molecule has 1 spiro atoms. The lowest BCUT2D eigenvalue weighted by Gasteiger charge is -2.44. The first kappa shape index (κ1) is 26.7. The number of nitrogens with two attached hydrogens (primary N) is 1. The van der Waals surface area contributed by atoms with E-state index in [4.69, 9.17) is 15.5 Å². The molecule has 7 rings (SSSR count). The van der Waals surface area contributed by atoms with Crippen LogP contribution in [0.15, 0.2) is 42.9 Å². The quantitative estimate of drug-likeness (QED) is 0.441. The number of ketones is 1. The molecule has 41 heavy (non-hydrogen) atoms. The molecular weight excluding hydrogens is 516 g/mol. The molecule has 3 saturated heterocycles. The number of rotatable bonds is 6. The van der Waals surface area contributed by atoms with Gasteiger partial charge in [-0.3, -0.25) is 14.8 Å². The third kappa shape index (κ3) is 5.43. The fraction of sp³-hybridized carbons (Fsp3) is 0.562. The predicted molar refractivity (Wildman–Crippen MR) is 158 cm³/mol. The summed E-state index contributed by atoms with van der Waals surface area (Å²) in [5, 5.41) is 10.7. The molecule has 4 fully saturated rings. The zero-order chi connectivity index (χ0) is 28.0. The van der Waals surface area contributed by atoms with Crippen molar-refractivity contribution in [3.63, 3.8) is 0 Å². The molecule has 0 amide bonds. The monoisotopic (exact) mass is 556 g/mol. The van der Waals surface area contributed by atoms with Gasteiger partial charge in [-0.1, -0.05) is 0 Å². The largest absolute Gasteiger partial charge is 0.391 e. The van der Waals surface area contributed by atoms with Crippen molar-refractivity contribution >= 4 is 28.2 Å². The van der Waals surface area contributed by atoms with E-state index in [9.17, 15) is 9.90 Å². The molecule has 216 valence electrons. The normalized spacial score (nSPS) is 26.4. The molecule has 4 aliphatic rings. The van der Waals surface area contributed by atoms with Crippen molar-refractivity contribution in [2.45, 2.75) is 57.1 Å². The fourth-order valence-corrected chi connectivity index (χ4v) is 7.26. The van der Waals surface area contributed by atoms with Gasteiger partial charge < -0.3 is 25.4 Å². The summed E-state index contributed by atoms with van der Waals surface area (Å²) in [5.41, 5.74) is 11.7. The molecule has 3 aromatic rings. The summed E-state index contributed by atoms with van der Waals surface area (Å²) >= 11 is 0. The Morgan fingerprint density at radius 1 is 1.02 bits per heavy atom. The molecule has 3 atom stereocenters. The Morgan fingerprint density at radius 3 is 2.61 bits per heavy atom. The molecule has 3 aromatic heterocycles. The number of carbonyl (C=O) groups is 1. The van der Waals surface area contributed by atoms with Gasteiger partial charge in [0.15, 0.2) is 5.78 Å². The molecule has 0 unspecified atom stereocenters. The number of aromatic nitrogens is 3. The van der Waals surface area contributed by atoms with Gasteiger partial charge in [-0.15, -0.1) is 0 Å². The number of Topliss-reactive ketones (excluding diaryl/α,β-unsaturated/α-hetero) is 1. The summed E-state index contributed by atoms with van der Waals surface area (Å²) in [7, 11) is 0. The minimum absolute atomic E-state index is 0.0499. The highest BCUT2D eigenvalue weighted by Gasteiger charge is 2.43.